The number of thiazole rings is 1. The molecule has 0 spiro atoms. The van der Waals surface area contributed by atoms with Crippen LogP contribution in [0.5, 0.6) is 0 Å². The van der Waals surface area contributed by atoms with Crippen molar-refractivity contribution in [1.29, 1.82) is 0 Å². The van der Waals surface area contributed by atoms with Gasteiger partial charge in [0.05, 0.1) is 10.7 Å². The number of aromatic nitrogens is 1. The molecule has 0 aliphatic heterocycles. The van der Waals surface area contributed by atoms with E-state index in [1.807, 2.05) is 0 Å². The lowest BCUT2D eigenvalue weighted by Gasteiger charge is -2.31. The molecule has 1 fully saturated rings. The molecular weight excluding hydrogens is 278 g/mol. The summed E-state index contributed by atoms with van der Waals surface area (Å²) in [5.74, 6) is -2.27. The highest BCUT2D eigenvalue weighted by atomic mass is 32.1. The summed E-state index contributed by atoms with van der Waals surface area (Å²) in [4.78, 5) is 4.64. The first-order chi connectivity index (χ1) is 9.17. The molecule has 1 atom stereocenters. The number of nitrogens with two attached hydrogens (primary N) is 1. The second kappa shape index (κ2) is 5.68. The van der Waals surface area contributed by atoms with Gasteiger partial charge in [-0.15, -0.1) is 11.3 Å². The summed E-state index contributed by atoms with van der Waals surface area (Å²) in [6.07, 6.45) is 1.74. The zero-order valence-electron chi connectivity index (χ0n) is 12.5. The molecule has 2 nitrogen and oxygen atoms in total. The maximum Gasteiger partial charge on any atom is 0.248 e. The van der Waals surface area contributed by atoms with Gasteiger partial charge in [0.2, 0.25) is 5.92 Å². The molecule has 1 aromatic rings. The zero-order valence-corrected chi connectivity index (χ0v) is 13.3. The number of rotatable bonds is 3. The van der Waals surface area contributed by atoms with Crippen LogP contribution in [0.1, 0.15) is 57.2 Å². The predicted molar refractivity (Wildman–Crippen MR) is 79.4 cm³/mol. The van der Waals surface area contributed by atoms with Gasteiger partial charge in [-0.1, -0.05) is 20.8 Å². The fourth-order valence-electron chi connectivity index (χ4n) is 2.61. The van der Waals surface area contributed by atoms with Crippen molar-refractivity contribution in [2.45, 2.75) is 70.3 Å². The Morgan fingerprint density at radius 3 is 2.50 bits per heavy atom. The molecule has 20 heavy (non-hydrogen) atoms. The van der Waals surface area contributed by atoms with E-state index < -0.39 is 5.92 Å². The highest BCUT2D eigenvalue weighted by Crippen LogP contribution is 2.37. The van der Waals surface area contributed by atoms with Gasteiger partial charge >= 0.3 is 0 Å². The van der Waals surface area contributed by atoms with Crippen LogP contribution in [-0.2, 0) is 11.8 Å². The van der Waals surface area contributed by atoms with E-state index in [1.165, 1.54) is 0 Å². The van der Waals surface area contributed by atoms with Crippen LogP contribution in [0.15, 0.2) is 5.38 Å². The topological polar surface area (TPSA) is 38.9 Å². The van der Waals surface area contributed by atoms with E-state index in [0.717, 1.165) is 10.7 Å². The van der Waals surface area contributed by atoms with Crippen molar-refractivity contribution in [2.24, 2.45) is 11.7 Å². The van der Waals surface area contributed by atoms with Gasteiger partial charge in [0, 0.05) is 36.1 Å². The lowest BCUT2D eigenvalue weighted by Crippen LogP contribution is -2.37. The van der Waals surface area contributed by atoms with Gasteiger partial charge in [0.1, 0.15) is 0 Å². The van der Waals surface area contributed by atoms with Crippen molar-refractivity contribution in [1.82, 2.24) is 4.98 Å². The van der Waals surface area contributed by atoms with Gasteiger partial charge in [-0.3, -0.25) is 0 Å². The molecule has 2 rings (SSSR count). The molecule has 1 aromatic heterocycles. The standard InChI is InChI=1S/C15H24F2N2S/c1-14(2,3)12-9-20-13(19-12)8-11(18)10-4-6-15(16,17)7-5-10/h9-11H,4-8,18H2,1-3H3. The van der Waals surface area contributed by atoms with Crippen molar-refractivity contribution >= 4 is 11.3 Å². The molecule has 5 heteroatoms. The second-order valence-corrected chi connectivity index (χ2v) is 7.88. The van der Waals surface area contributed by atoms with Crippen LogP contribution in [0, 0.1) is 5.92 Å². The van der Waals surface area contributed by atoms with Crippen LogP contribution in [0.3, 0.4) is 0 Å². The molecule has 0 radical (unpaired) electrons. The van der Waals surface area contributed by atoms with Crippen LogP contribution in [0.4, 0.5) is 8.78 Å². The van der Waals surface area contributed by atoms with Crippen LogP contribution in [0.25, 0.3) is 0 Å². The maximum absolute atomic E-state index is 13.2. The fraction of sp³-hybridized carbons (Fsp3) is 0.800. The quantitative estimate of drug-likeness (QED) is 0.911. The Kier molecular flexibility index (Phi) is 4.50. The smallest absolute Gasteiger partial charge is 0.248 e. The highest BCUT2D eigenvalue weighted by molar-refractivity contribution is 7.09. The van der Waals surface area contributed by atoms with Gasteiger partial charge in [-0.2, -0.15) is 0 Å². The molecule has 0 aromatic carbocycles. The first-order valence-electron chi connectivity index (χ1n) is 7.26. The zero-order chi connectivity index (χ0) is 15.0. The van der Waals surface area contributed by atoms with E-state index in [9.17, 15) is 8.78 Å². The Labute approximate surface area is 123 Å². The van der Waals surface area contributed by atoms with Crippen molar-refractivity contribution in [2.75, 3.05) is 0 Å². The molecular formula is C15H24F2N2S. The van der Waals surface area contributed by atoms with E-state index in [0.29, 0.717) is 19.3 Å². The van der Waals surface area contributed by atoms with Crippen LogP contribution >= 0.6 is 11.3 Å². The molecule has 1 heterocycles. The van der Waals surface area contributed by atoms with Crippen molar-refractivity contribution in [3.05, 3.63) is 16.1 Å². The molecule has 1 saturated carbocycles. The minimum Gasteiger partial charge on any atom is -0.327 e. The third-order valence-electron chi connectivity index (χ3n) is 4.10. The van der Waals surface area contributed by atoms with Gasteiger partial charge in [0.25, 0.3) is 0 Å². The monoisotopic (exact) mass is 302 g/mol. The van der Waals surface area contributed by atoms with Crippen molar-refractivity contribution < 1.29 is 8.78 Å². The molecule has 0 bridgehead atoms. The number of halogens is 2. The first-order valence-corrected chi connectivity index (χ1v) is 8.14. The lowest BCUT2D eigenvalue weighted by molar-refractivity contribution is -0.0481. The minimum atomic E-state index is -2.48. The molecule has 1 aliphatic carbocycles. The number of hydrogen-bond acceptors (Lipinski definition) is 3. The van der Waals surface area contributed by atoms with Gasteiger partial charge in [0.15, 0.2) is 0 Å². The molecule has 1 aliphatic rings. The Balaban J connectivity index is 1.92. The van der Waals surface area contributed by atoms with E-state index in [-0.39, 0.29) is 30.2 Å². The molecule has 114 valence electrons. The molecule has 2 N–H and O–H groups in total. The largest absolute Gasteiger partial charge is 0.327 e. The van der Waals surface area contributed by atoms with E-state index >= 15 is 0 Å². The lowest BCUT2D eigenvalue weighted by atomic mass is 9.81. The Hall–Kier alpha value is -0.550. The minimum absolute atomic E-state index is 0.0174. The summed E-state index contributed by atoms with van der Waals surface area (Å²) in [6, 6.07) is -0.0509. The number of alkyl halides is 2. The van der Waals surface area contributed by atoms with Crippen LogP contribution in [-0.4, -0.2) is 16.9 Å². The van der Waals surface area contributed by atoms with Crippen LogP contribution in [0.2, 0.25) is 0 Å². The maximum atomic E-state index is 13.2. The predicted octanol–water partition coefficient (Wildman–Crippen LogP) is 4.14. The van der Waals surface area contributed by atoms with E-state index in [1.54, 1.807) is 11.3 Å². The number of hydrogen-bond donors (Lipinski definition) is 1. The summed E-state index contributed by atoms with van der Waals surface area (Å²) >= 11 is 1.63. The van der Waals surface area contributed by atoms with Gasteiger partial charge in [-0.25, -0.2) is 13.8 Å². The summed E-state index contributed by atoms with van der Waals surface area (Å²) in [5, 5.41) is 3.11. The Morgan fingerprint density at radius 2 is 2.00 bits per heavy atom. The Bertz CT molecular complexity index is 441. The molecule has 0 saturated heterocycles. The summed E-state index contributed by atoms with van der Waals surface area (Å²) in [5.41, 5.74) is 7.34. The SMILES string of the molecule is CC(C)(C)c1csc(CC(N)C2CCC(F)(F)CC2)n1. The average Bonchev–Trinajstić information content (AvgIpc) is 2.77. The van der Waals surface area contributed by atoms with Gasteiger partial charge < -0.3 is 5.73 Å². The Morgan fingerprint density at radius 1 is 1.40 bits per heavy atom. The molecule has 0 amide bonds. The average molecular weight is 302 g/mol. The third kappa shape index (κ3) is 3.98. The summed E-state index contributed by atoms with van der Waals surface area (Å²) in [6.45, 7) is 6.40. The second-order valence-electron chi connectivity index (χ2n) is 6.94. The highest BCUT2D eigenvalue weighted by Gasteiger charge is 2.36. The third-order valence-corrected chi connectivity index (χ3v) is 4.97. The molecule has 1 unspecified atom stereocenters. The van der Waals surface area contributed by atoms with Gasteiger partial charge in [-0.05, 0) is 18.8 Å². The van der Waals surface area contributed by atoms with E-state index in [2.05, 4.69) is 31.1 Å². The van der Waals surface area contributed by atoms with E-state index in [4.69, 9.17) is 5.73 Å². The summed E-state index contributed by atoms with van der Waals surface area (Å²) in [7, 11) is 0. The first kappa shape index (κ1) is 15.8. The fourth-order valence-corrected chi connectivity index (χ4v) is 3.70. The number of nitrogens with zero attached hydrogens (tertiary/aromatic N) is 1. The van der Waals surface area contributed by atoms with Crippen LogP contribution < -0.4 is 5.73 Å². The van der Waals surface area contributed by atoms with Crippen molar-refractivity contribution in [3.63, 3.8) is 0 Å². The van der Waals surface area contributed by atoms with Crippen molar-refractivity contribution in [3.8, 4) is 0 Å². The normalized spacial score (nSPS) is 21.9. The summed E-state index contributed by atoms with van der Waals surface area (Å²) < 4.78 is 26.3.